The zero-order valence-corrected chi connectivity index (χ0v) is 34.3. The molecule has 5 aromatic carbocycles. The number of fused-ring (bicyclic) bond motifs is 3. The predicted octanol–water partition coefficient (Wildman–Crippen LogP) is 13.0. The molecule has 0 amide bonds. The molecule has 60 heavy (non-hydrogen) atoms. The first-order valence-electron chi connectivity index (χ1n) is 19.4. The van der Waals surface area contributed by atoms with Gasteiger partial charge in [-0.2, -0.15) is 0 Å². The average molecular weight is 826 g/mol. The van der Waals surface area contributed by atoms with Gasteiger partial charge in [0.25, 0.3) is 0 Å². The molecule has 10 heteroatoms. The third-order valence-corrected chi connectivity index (χ3v) is 13.7. The number of nitrogens with zero attached hydrogens (tertiary/aromatic N) is 7. The number of benzene rings is 5. The maximum atomic E-state index is 5.02. The summed E-state index contributed by atoms with van der Waals surface area (Å²) in [5, 5.41) is 5.84. The number of aromatic nitrogens is 7. The Labute approximate surface area is 358 Å². The summed E-state index contributed by atoms with van der Waals surface area (Å²) < 4.78 is 1.30. The second kappa shape index (κ2) is 15.6. The van der Waals surface area contributed by atoms with Gasteiger partial charge in [0.15, 0.2) is 34.9 Å². The number of hydrogen-bond donors (Lipinski definition) is 0. The van der Waals surface area contributed by atoms with Gasteiger partial charge in [-0.05, 0) is 28.7 Å². The first-order valence-corrected chi connectivity index (χ1v) is 22.1. The quantitative estimate of drug-likeness (QED) is 0.150. The fraction of sp³-hybridized carbons (Fsp3) is 0.0200. The van der Waals surface area contributed by atoms with Gasteiger partial charge in [-0.25, -0.2) is 29.9 Å². The Morgan fingerprint density at radius 1 is 0.433 bits per heavy atom. The number of rotatable bonds is 8. The van der Waals surface area contributed by atoms with Crippen molar-refractivity contribution < 1.29 is 0 Å². The lowest BCUT2D eigenvalue weighted by atomic mass is 9.94. The van der Waals surface area contributed by atoms with Gasteiger partial charge in [-0.15, -0.1) is 34.4 Å². The first-order chi connectivity index (χ1) is 29.7. The van der Waals surface area contributed by atoms with Gasteiger partial charge in [0, 0.05) is 72.1 Å². The third-order valence-electron chi connectivity index (χ3n) is 10.3. The van der Waals surface area contributed by atoms with Crippen LogP contribution in [0.25, 0.3) is 94.6 Å². The highest BCUT2D eigenvalue weighted by Gasteiger charge is 2.25. The van der Waals surface area contributed by atoms with Crippen molar-refractivity contribution in [3.63, 3.8) is 0 Å². The van der Waals surface area contributed by atoms with E-state index in [9.17, 15) is 0 Å². The molecular weight excluding hydrogens is 795 g/mol. The van der Waals surface area contributed by atoms with Crippen molar-refractivity contribution in [2.75, 3.05) is 0 Å². The van der Waals surface area contributed by atoms with Gasteiger partial charge in [0.05, 0.1) is 4.01 Å². The number of hydrogen-bond acceptors (Lipinski definition) is 10. The molecule has 0 fully saturated rings. The Kier molecular flexibility index (Phi) is 9.42. The predicted molar refractivity (Wildman–Crippen MR) is 247 cm³/mol. The van der Waals surface area contributed by atoms with Crippen LogP contribution in [-0.4, -0.2) is 34.9 Å². The van der Waals surface area contributed by atoms with E-state index in [0.717, 1.165) is 44.7 Å². The van der Waals surface area contributed by atoms with E-state index in [4.69, 9.17) is 34.9 Å². The molecule has 0 saturated heterocycles. The van der Waals surface area contributed by atoms with Crippen molar-refractivity contribution in [1.29, 1.82) is 0 Å². The molecule has 0 unspecified atom stereocenters. The van der Waals surface area contributed by atoms with Crippen molar-refractivity contribution in [2.45, 2.75) is 5.75 Å². The number of thioether (sulfide) groups is 1. The van der Waals surface area contributed by atoms with E-state index in [1.165, 1.54) is 31.0 Å². The Morgan fingerprint density at radius 3 is 1.43 bits per heavy atom. The zero-order valence-electron chi connectivity index (χ0n) is 31.8. The summed E-state index contributed by atoms with van der Waals surface area (Å²) in [6.45, 7) is 0. The van der Waals surface area contributed by atoms with E-state index in [0.29, 0.717) is 40.6 Å². The van der Waals surface area contributed by atoms with Gasteiger partial charge >= 0.3 is 0 Å². The standard InChI is InChI=1S/C50H31N7S3/c1-5-14-31(15-6-1)44-52-45(32-16-7-2-8-17-32)55-48(54-44)36-23-13-22-35(26-36)38-28-58-30-41-42(38)43-39(29-59-50(43)60-41)37-24-25-40(51-27-37)49-56-46(33-18-9-3-10-19-33)53-47(57-49)34-20-11-4-12-21-34/h1-29H,30H2. The lowest BCUT2D eigenvalue weighted by Crippen LogP contribution is -2.01. The maximum absolute atomic E-state index is 5.02. The molecule has 1 aliphatic heterocycles. The maximum Gasteiger partial charge on any atom is 0.182 e. The van der Waals surface area contributed by atoms with Gasteiger partial charge in [0.2, 0.25) is 0 Å². The van der Waals surface area contributed by atoms with Crippen LogP contribution >= 0.6 is 34.4 Å². The topological polar surface area (TPSA) is 90.2 Å². The fourth-order valence-corrected chi connectivity index (χ4v) is 10.9. The molecule has 1 aliphatic rings. The van der Waals surface area contributed by atoms with E-state index in [-0.39, 0.29) is 0 Å². The van der Waals surface area contributed by atoms with Crippen molar-refractivity contribution in [3.8, 4) is 79.6 Å². The minimum atomic E-state index is 0.532. The molecule has 0 radical (unpaired) electrons. The van der Waals surface area contributed by atoms with Crippen LogP contribution < -0.4 is 0 Å². The summed E-state index contributed by atoms with van der Waals surface area (Å²) in [6.07, 6.45) is 1.95. The lowest BCUT2D eigenvalue weighted by molar-refractivity contribution is 1.06. The van der Waals surface area contributed by atoms with Gasteiger partial charge in [0.1, 0.15) is 5.69 Å². The molecule has 11 rings (SSSR count). The van der Waals surface area contributed by atoms with Crippen LogP contribution in [0.1, 0.15) is 16.0 Å². The molecule has 5 aromatic heterocycles. The van der Waals surface area contributed by atoms with Crippen LogP contribution in [0.4, 0.5) is 0 Å². The van der Waals surface area contributed by atoms with Crippen LogP contribution in [-0.2, 0) is 5.75 Å². The van der Waals surface area contributed by atoms with Crippen molar-refractivity contribution in [2.24, 2.45) is 0 Å². The first kappa shape index (κ1) is 36.1. The van der Waals surface area contributed by atoms with Crippen molar-refractivity contribution in [3.05, 3.63) is 191 Å². The molecule has 0 saturated carbocycles. The molecule has 0 bridgehead atoms. The van der Waals surface area contributed by atoms with E-state index in [2.05, 4.69) is 41.1 Å². The highest BCUT2D eigenvalue weighted by atomic mass is 32.2. The number of thiophene rings is 2. The molecule has 284 valence electrons. The van der Waals surface area contributed by atoms with Crippen LogP contribution in [0.3, 0.4) is 0 Å². The van der Waals surface area contributed by atoms with E-state index >= 15 is 0 Å². The Balaban J connectivity index is 0.966. The van der Waals surface area contributed by atoms with Crippen LogP contribution in [0.2, 0.25) is 0 Å². The Hall–Kier alpha value is -6.98. The highest BCUT2D eigenvalue weighted by molar-refractivity contribution is 8.01. The fourth-order valence-electron chi connectivity index (χ4n) is 7.40. The van der Waals surface area contributed by atoms with Crippen LogP contribution in [0.5, 0.6) is 0 Å². The summed E-state index contributed by atoms with van der Waals surface area (Å²) >= 11 is 5.52. The van der Waals surface area contributed by atoms with Gasteiger partial charge in [-0.1, -0.05) is 146 Å². The second-order valence-electron chi connectivity index (χ2n) is 14.1. The normalized spacial score (nSPS) is 12.3. The summed E-state index contributed by atoms with van der Waals surface area (Å²) in [6, 6.07) is 53.0. The smallest absolute Gasteiger partial charge is 0.182 e. The Bertz CT molecular complexity index is 3070. The Morgan fingerprint density at radius 2 is 0.917 bits per heavy atom. The SMILES string of the molecule is C1=C(c2cccc(-c3nc(-c4ccccc4)nc(-c4ccccc4)n3)c2)c2c(sc3scc(-c4ccc(-c5nc(-c6ccccc6)nc(-c6ccccc6)n5)nc4)c23)CS1. The van der Waals surface area contributed by atoms with Crippen LogP contribution in [0, 0.1) is 0 Å². The summed E-state index contributed by atoms with van der Waals surface area (Å²) in [5.74, 6) is 4.61. The van der Waals surface area contributed by atoms with Gasteiger partial charge < -0.3 is 0 Å². The molecule has 0 N–H and O–H groups in total. The van der Waals surface area contributed by atoms with Gasteiger partial charge in [-0.3, -0.25) is 4.98 Å². The highest BCUT2D eigenvalue weighted by Crippen LogP contribution is 2.50. The van der Waals surface area contributed by atoms with Crippen molar-refractivity contribution in [1.82, 2.24) is 34.9 Å². The summed E-state index contributed by atoms with van der Waals surface area (Å²) in [4.78, 5) is 36.0. The molecular formula is C50H31N7S3. The van der Waals surface area contributed by atoms with Crippen LogP contribution in [0.15, 0.2) is 175 Å². The number of pyridine rings is 1. The minimum Gasteiger partial charge on any atom is -0.252 e. The lowest BCUT2D eigenvalue weighted by Gasteiger charge is -2.16. The molecule has 10 aromatic rings. The van der Waals surface area contributed by atoms with E-state index in [1.54, 1.807) is 11.3 Å². The zero-order chi connectivity index (χ0) is 39.8. The molecule has 0 spiro atoms. The third kappa shape index (κ3) is 6.90. The second-order valence-corrected chi connectivity index (χ2v) is 17.2. The molecule has 6 heterocycles. The molecule has 7 nitrogen and oxygen atoms in total. The molecule has 0 atom stereocenters. The van der Waals surface area contributed by atoms with Crippen molar-refractivity contribution >= 4 is 49.4 Å². The van der Waals surface area contributed by atoms with E-state index < -0.39 is 0 Å². The average Bonchev–Trinajstić information content (AvgIpc) is 3.92. The molecule has 0 aliphatic carbocycles. The minimum absolute atomic E-state index is 0.532. The summed E-state index contributed by atoms with van der Waals surface area (Å²) in [7, 11) is 0. The monoisotopic (exact) mass is 825 g/mol. The largest absolute Gasteiger partial charge is 0.252 e. The van der Waals surface area contributed by atoms with E-state index in [1.807, 2.05) is 157 Å². The summed E-state index contributed by atoms with van der Waals surface area (Å²) in [5.41, 5.74) is 11.2.